The van der Waals surface area contributed by atoms with Crippen LogP contribution in [-0.2, 0) is 4.79 Å². The summed E-state index contributed by atoms with van der Waals surface area (Å²) >= 11 is 1.17. The molecule has 3 aromatic carbocycles. The Morgan fingerprint density at radius 3 is 2.55 bits per heavy atom. The first kappa shape index (κ1) is 26.4. The minimum atomic E-state index is -0.462. The van der Waals surface area contributed by atoms with Crippen LogP contribution in [0.25, 0.3) is 17.1 Å². The van der Waals surface area contributed by atoms with Crippen LogP contribution in [0.5, 0.6) is 11.5 Å². The van der Waals surface area contributed by atoms with E-state index in [2.05, 4.69) is 20.7 Å². The van der Waals surface area contributed by atoms with Gasteiger partial charge in [0.1, 0.15) is 11.5 Å². The van der Waals surface area contributed by atoms with E-state index in [0.29, 0.717) is 39.3 Å². The van der Waals surface area contributed by atoms with Crippen LogP contribution in [0.3, 0.4) is 0 Å². The number of para-hydroxylation sites is 1. The van der Waals surface area contributed by atoms with E-state index < -0.39 is 4.92 Å². The maximum atomic E-state index is 12.6. The molecule has 38 heavy (non-hydrogen) atoms. The van der Waals surface area contributed by atoms with Crippen LogP contribution >= 0.6 is 11.8 Å². The number of aromatic nitrogens is 3. The number of benzene rings is 3. The number of nitro groups is 1. The lowest BCUT2D eigenvalue weighted by atomic mass is 10.1. The van der Waals surface area contributed by atoms with Crippen molar-refractivity contribution in [1.29, 1.82) is 0 Å². The molecule has 0 aliphatic carbocycles. The Morgan fingerprint density at radius 2 is 1.84 bits per heavy atom. The fourth-order valence-corrected chi connectivity index (χ4v) is 4.33. The van der Waals surface area contributed by atoms with Crippen molar-refractivity contribution >= 4 is 29.1 Å². The molecule has 0 aliphatic heterocycles. The zero-order chi connectivity index (χ0) is 27.1. The highest BCUT2D eigenvalue weighted by molar-refractivity contribution is 7.99. The summed E-state index contributed by atoms with van der Waals surface area (Å²) in [5.74, 6) is 1.30. The molecule has 1 aromatic heterocycles. The van der Waals surface area contributed by atoms with Crippen LogP contribution in [-0.4, -0.2) is 51.3 Å². The van der Waals surface area contributed by atoms with E-state index in [0.717, 1.165) is 5.69 Å². The van der Waals surface area contributed by atoms with Gasteiger partial charge < -0.3 is 9.47 Å². The monoisotopic (exact) mass is 532 g/mol. The molecule has 0 radical (unpaired) electrons. The van der Waals surface area contributed by atoms with Crippen molar-refractivity contribution < 1.29 is 19.2 Å². The van der Waals surface area contributed by atoms with Crippen molar-refractivity contribution in [2.45, 2.75) is 12.1 Å². The van der Waals surface area contributed by atoms with Crippen molar-refractivity contribution in [1.82, 2.24) is 20.2 Å². The average molecular weight is 533 g/mol. The summed E-state index contributed by atoms with van der Waals surface area (Å²) in [6, 6.07) is 20.8. The van der Waals surface area contributed by atoms with Crippen LogP contribution in [0.1, 0.15) is 12.5 Å². The highest BCUT2D eigenvalue weighted by Gasteiger charge is 2.19. The van der Waals surface area contributed by atoms with Crippen LogP contribution in [0, 0.1) is 10.1 Å². The third-order valence-corrected chi connectivity index (χ3v) is 6.37. The Labute approximate surface area is 222 Å². The van der Waals surface area contributed by atoms with Crippen molar-refractivity contribution in [3.63, 3.8) is 0 Å². The minimum absolute atomic E-state index is 0.0103. The first-order valence-electron chi connectivity index (χ1n) is 11.3. The number of hydrazone groups is 1. The fraction of sp³-hybridized carbons (Fsp3) is 0.154. The zero-order valence-corrected chi connectivity index (χ0v) is 21.6. The van der Waals surface area contributed by atoms with E-state index in [4.69, 9.17) is 9.47 Å². The van der Waals surface area contributed by atoms with Crippen molar-refractivity contribution in [2.24, 2.45) is 5.10 Å². The van der Waals surface area contributed by atoms with E-state index in [1.807, 2.05) is 30.3 Å². The summed E-state index contributed by atoms with van der Waals surface area (Å²) in [7, 11) is 3.12. The van der Waals surface area contributed by atoms with E-state index in [1.54, 1.807) is 56.0 Å². The topological polar surface area (TPSA) is 134 Å². The zero-order valence-electron chi connectivity index (χ0n) is 20.8. The summed E-state index contributed by atoms with van der Waals surface area (Å²) < 4.78 is 12.4. The van der Waals surface area contributed by atoms with Gasteiger partial charge >= 0.3 is 0 Å². The number of non-ortho nitro benzene ring substituents is 1. The van der Waals surface area contributed by atoms with Gasteiger partial charge in [-0.05, 0) is 31.2 Å². The first-order chi connectivity index (χ1) is 18.4. The Bertz CT molecular complexity index is 1490. The summed E-state index contributed by atoms with van der Waals surface area (Å²) in [6.45, 7) is 1.76. The Hall–Kier alpha value is -4.71. The second-order valence-electron chi connectivity index (χ2n) is 7.87. The molecule has 1 N–H and O–H groups in total. The summed E-state index contributed by atoms with van der Waals surface area (Å²) in [5.41, 5.74) is 5.06. The van der Waals surface area contributed by atoms with Crippen LogP contribution < -0.4 is 14.9 Å². The number of carbonyl (C=O) groups is 1. The number of carbonyl (C=O) groups excluding carboxylic acids is 1. The fourth-order valence-electron chi connectivity index (χ4n) is 3.58. The van der Waals surface area contributed by atoms with Crippen molar-refractivity contribution in [3.05, 3.63) is 88.5 Å². The van der Waals surface area contributed by atoms with E-state index in [1.165, 1.54) is 23.9 Å². The molecule has 4 aromatic rings. The lowest BCUT2D eigenvalue weighted by Gasteiger charge is -2.11. The average Bonchev–Trinajstić information content (AvgIpc) is 3.39. The number of ether oxygens (including phenoxy) is 2. The molecule has 1 amide bonds. The number of nitrogens with zero attached hydrogens (tertiary/aromatic N) is 5. The molecule has 0 unspecified atom stereocenters. The maximum absolute atomic E-state index is 12.6. The van der Waals surface area contributed by atoms with E-state index in [-0.39, 0.29) is 17.3 Å². The number of nitro benzene ring substituents is 1. The first-order valence-corrected chi connectivity index (χ1v) is 12.3. The highest BCUT2D eigenvalue weighted by atomic mass is 32.2. The maximum Gasteiger partial charge on any atom is 0.270 e. The van der Waals surface area contributed by atoms with Gasteiger partial charge in [0.2, 0.25) is 0 Å². The van der Waals surface area contributed by atoms with Gasteiger partial charge in [-0.15, -0.1) is 10.2 Å². The lowest BCUT2D eigenvalue weighted by molar-refractivity contribution is -0.384. The number of thioether (sulfide) groups is 1. The third-order valence-electron chi connectivity index (χ3n) is 5.44. The van der Waals surface area contributed by atoms with Gasteiger partial charge in [0, 0.05) is 35.0 Å². The lowest BCUT2D eigenvalue weighted by Crippen LogP contribution is -2.21. The van der Waals surface area contributed by atoms with Gasteiger partial charge in [0.25, 0.3) is 11.6 Å². The molecular weight excluding hydrogens is 508 g/mol. The molecule has 0 spiro atoms. The highest BCUT2D eigenvalue weighted by Crippen LogP contribution is 2.30. The number of hydrogen-bond donors (Lipinski definition) is 1. The standard InChI is InChI=1S/C26H24N6O5S/c1-17(22-13-12-21(36-2)15-23(22)37-3)27-28-24(33)16-38-26-30-29-25(31(26)19-9-5-4-6-10-19)18-8-7-11-20(14-18)32(34)35/h4-15H,16H2,1-3H3,(H,28,33). The quantitative estimate of drug-likeness (QED) is 0.137. The molecule has 0 saturated carbocycles. The van der Waals surface area contributed by atoms with Gasteiger partial charge in [-0.25, -0.2) is 5.43 Å². The Balaban J connectivity index is 1.53. The Kier molecular flexibility index (Phi) is 8.34. The molecule has 0 fully saturated rings. The smallest absolute Gasteiger partial charge is 0.270 e. The SMILES string of the molecule is COc1ccc(C(C)=NNC(=O)CSc2nnc(-c3cccc([N+](=O)[O-])c3)n2-c2ccccc2)c(OC)c1. The van der Waals surface area contributed by atoms with Crippen LogP contribution in [0.2, 0.25) is 0 Å². The summed E-state index contributed by atoms with van der Waals surface area (Å²) in [4.78, 5) is 23.4. The van der Waals surface area contributed by atoms with Gasteiger partial charge in [-0.3, -0.25) is 19.5 Å². The number of rotatable bonds is 10. The molecular formula is C26H24N6O5S. The van der Waals surface area contributed by atoms with E-state index in [9.17, 15) is 14.9 Å². The molecule has 1 heterocycles. The minimum Gasteiger partial charge on any atom is -0.497 e. The Morgan fingerprint density at radius 1 is 1.05 bits per heavy atom. The van der Waals surface area contributed by atoms with Crippen LogP contribution in [0.15, 0.2) is 83.1 Å². The molecule has 194 valence electrons. The number of nitrogens with one attached hydrogen (secondary N) is 1. The van der Waals surface area contributed by atoms with Crippen molar-refractivity contribution in [2.75, 3.05) is 20.0 Å². The molecule has 0 aliphatic rings. The molecule has 4 rings (SSSR count). The van der Waals surface area contributed by atoms with Gasteiger partial charge in [0.15, 0.2) is 11.0 Å². The second-order valence-corrected chi connectivity index (χ2v) is 8.81. The molecule has 0 bridgehead atoms. The number of amides is 1. The van der Waals surface area contributed by atoms with Gasteiger partial charge in [-0.2, -0.15) is 5.10 Å². The normalized spacial score (nSPS) is 11.2. The predicted molar refractivity (Wildman–Crippen MR) is 144 cm³/mol. The van der Waals surface area contributed by atoms with E-state index >= 15 is 0 Å². The second kappa shape index (κ2) is 12.0. The number of methoxy groups -OCH3 is 2. The van der Waals surface area contributed by atoms with Crippen molar-refractivity contribution in [3.8, 4) is 28.6 Å². The summed E-state index contributed by atoms with van der Waals surface area (Å²) in [5, 5.41) is 24.5. The third kappa shape index (κ3) is 5.98. The molecule has 0 saturated heterocycles. The number of hydrogen-bond acceptors (Lipinski definition) is 9. The van der Waals surface area contributed by atoms with Gasteiger partial charge in [0.05, 0.1) is 30.6 Å². The molecule has 12 heteroatoms. The predicted octanol–water partition coefficient (Wildman–Crippen LogP) is 4.49. The van der Waals surface area contributed by atoms with Crippen LogP contribution in [0.4, 0.5) is 5.69 Å². The molecule has 11 nitrogen and oxygen atoms in total. The largest absolute Gasteiger partial charge is 0.497 e. The molecule has 0 atom stereocenters. The summed E-state index contributed by atoms with van der Waals surface area (Å²) in [6.07, 6.45) is 0. The van der Waals surface area contributed by atoms with Gasteiger partial charge in [-0.1, -0.05) is 42.1 Å².